The standard InChI is InChI=1S/C20H27N3O2/c1-14-4-2-9-23(14)10-3-11-25-17-7-8-18-15(12-17)5-6-16-13-19(24)21-22-20(16)18/h7-8,12,14,16H,2-6,9-11,13H2,1H3,(H,21,24). The number of ether oxygens (including phenoxy) is 1. The summed E-state index contributed by atoms with van der Waals surface area (Å²) in [6, 6.07) is 7.03. The second-order valence-electron chi connectivity index (χ2n) is 7.52. The van der Waals surface area contributed by atoms with Crippen LogP contribution in [0.4, 0.5) is 0 Å². The number of likely N-dealkylation sites (tertiary alicyclic amines) is 1. The van der Waals surface area contributed by atoms with Gasteiger partial charge in [-0.1, -0.05) is 0 Å². The van der Waals surface area contributed by atoms with Crippen molar-refractivity contribution >= 4 is 11.6 Å². The van der Waals surface area contributed by atoms with Crippen LogP contribution in [0.1, 0.15) is 50.2 Å². The van der Waals surface area contributed by atoms with Crippen molar-refractivity contribution in [3.8, 4) is 5.75 Å². The SMILES string of the molecule is CC1CCCN1CCCOc1ccc2c(c1)CCC1CC(=O)NN=C21. The van der Waals surface area contributed by atoms with Crippen LogP contribution in [0.25, 0.3) is 0 Å². The molecule has 5 heteroatoms. The van der Waals surface area contributed by atoms with Gasteiger partial charge in [0.1, 0.15) is 5.75 Å². The van der Waals surface area contributed by atoms with E-state index in [0.717, 1.165) is 49.9 Å². The van der Waals surface area contributed by atoms with Crippen LogP contribution in [0.5, 0.6) is 5.75 Å². The molecule has 2 aliphatic heterocycles. The van der Waals surface area contributed by atoms with Crippen molar-refractivity contribution in [2.24, 2.45) is 11.0 Å². The van der Waals surface area contributed by atoms with Gasteiger partial charge in [-0.25, -0.2) is 5.43 Å². The number of benzene rings is 1. The maximum absolute atomic E-state index is 11.5. The molecule has 0 saturated carbocycles. The molecule has 1 aromatic rings. The average molecular weight is 341 g/mol. The first-order valence-electron chi connectivity index (χ1n) is 9.57. The van der Waals surface area contributed by atoms with Crippen LogP contribution in [0.3, 0.4) is 0 Å². The van der Waals surface area contributed by atoms with Crippen LogP contribution in [0.15, 0.2) is 23.3 Å². The minimum absolute atomic E-state index is 0.0319. The molecule has 4 rings (SSSR count). The van der Waals surface area contributed by atoms with Crippen molar-refractivity contribution in [3.63, 3.8) is 0 Å². The molecular weight excluding hydrogens is 314 g/mol. The van der Waals surface area contributed by atoms with E-state index in [9.17, 15) is 4.79 Å². The van der Waals surface area contributed by atoms with Gasteiger partial charge in [0.2, 0.25) is 5.91 Å². The molecule has 2 unspecified atom stereocenters. The van der Waals surface area contributed by atoms with E-state index in [1.54, 1.807) is 0 Å². The molecule has 1 saturated heterocycles. The van der Waals surface area contributed by atoms with Gasteiger partial charge in [-0.15, -0.1) is 0 Å². The highest BCUT2D eigenvalue weighted by atomic mass is 16.5. The van der Waals surface area contributed by atoms with E-state index >= 15 is 0 Å². The monoisotopic (exact) mass is 341 g/mol. The van der Waals surface area contributed by atoms with E-state index in [4.69, 9.17) is 4.74 Å². The highest BCUT2D eigenvalue weighted by Crippen LogP contribution is 2.32. The van der Waals surface area contributed by atoms with Gasteiger partial charge in [0.05, 0.1) is 12.3 Å². The van der Waals surface area contributed by atoms with Gasteiger partial charge in [-0.05, 0) is 69.3 Å². The van der Waals surface area contributed by atoms with Crippen LogP contribution in [0.2, 0.25) is 0 Å². The number of hydrogen-bond donors (Lipinski definition) is 1. The Balaban J connectivity index is 1.35. The third-order valence-corrected chi connectivity index (χ3v) is 5.78. The minimum atomic E-state index is 0.0319. The van der Waals surface area contributed by atoms with E-state index in [0.29, 0.717) is 6.42 Å². The normalized spacial score (nSPS) is 25.8. The second kappa shape index (κ2) is 7.16. The molecule has 2 atom stereocenters. The lowest BCUT2D eigenvalue weighted by molar-refractivity contribution is -0.122. The van der Waals surface area contributed by atoms with E-state index in [1.165, 1.54) is 30.5 Å². The molecule has 1 aliphatic carbocycles. The molecule has 1 fully saturated rings. The molecule has 1 aromatic carbocycles. The third-order valence-electron chi connectivity index (χ3n) is 5.78. The number of rotatable bonds is 5. The summed E-state index contributed by atoms with van der Waals surface area (Å²) in [5, 5.41) is 4.30. The summed E-state index contributed by atoms with van der Waals surface area (Å²) in [4.78, 5) is 14.1. The maximum Gasteiger partial charge on any atom is 0.240 e. The zero-order valence-electron chi connectivity index (χ0n) is 15.0. The van der Waals surface area contributed by atoms with Crippen LogP contribution in [0, 0.1) is 5.92 Å². The Labute approximate surface area is 149 Å². The lowest BCUT2D eigenvalue weighted by atomic mass is 9.80. The average Bonchev–Trinajstić information content (AvgIpc) is 3.03. The molecule has 0 radical (unpaired) electrons. The van der Waals surface area contributed by atoms with Gasteiger partial charge in [0.25, 0.3) is 0 Å². The lowest BCUT2D eigenvalue weighted by Gasteiger charge is -2.29. The van der Waals surface area contributed by atoms with E-state index < -0.39 is 0 Å². The van der Waals surface area contributed by atoms with Gasteiger partial charge < -0.3 is 9.64 Å². The van der Waals surface area contributed by atoms with Gasteiger partial charge in [0, 0.05) is 30.5 Å². The Hall–Kier alpha value is -1.88. The highest BCUT2D eigenvalue weighted by molar-refractivity contribution is 6.07. The van der Waals surface area contributed by atoms with Gasteiger partial charge >= 0.3 is 0 Å². The van der Waals surface area contributed by atoms with Gasteiger partial charge in [0.15, 0.2) is 0 Å². The van der Waals surface area contributed by atoms with Crippen LogP contribution < -0.4 is 10.2 Å². The van der Waals surface area contributed by atoms with Gasteiger partial charge in [-0.3, -0.25) is 4.79 Å². The first-order valence-corrected chi connectivity index (χ1v) is 9.57. The lowest BCUT2D eigenvalue weighted by Crippen LogP contribution is -2.36. The first kappa shape index (κ1) is 16.6. The second-order valence-corrected chi connectivity index (χ2v) is 7.52. The maximum atomic E-state index is 11.5. The summed E-state index contributed by atoms with van der Waals surface area (Å²) in [6.07, 6.45) is 6.28. The number of amides is 1. The molecule has 1 N–H and O–H groups in total. The van der Waals surface area contributed by atoms with Crippen LogP contribution in [-0.4, -0.2) is 42.3 Å². The number of nitrogens with one attached hydrogen (secondary N) is 1. The first-order chi connectivity index (χ1) is 12.2. The predicted octanol–water partition coefficient (Wildman–Crippen LogP) is 2.73. The summed E-state index contributed by atoms with van der Waals surface area (Å²) < 4.78 is 5.98. The summed E-state index contributed by atoms with van der Waals surface area (Å²) in [5.74, 6) is 1.26. The Morgan fingerprint density at radius 2 is 2.28 bits per heavy atom. The highest BCUT2D eigenvalue weighted by Gasteiger charge is 2.30. The predicted molar refractivity (Wildman–Crippen MR) is 97.9 cm³/mol. The van der Waals surface area contributed by atoms with E-state index in [-0.39, 0.29) is 11.8 Å². The molecule has 5 nitrogen and oxygen atoms in total. The summed E-state index contributed by atoms with van der Waals surface area (Å²) in [6.45, 7) is 5.45. The van der Waals surface area contributed by atoms with Crippen molar-refractivity contribution < 1.29 is 9.53 Å². The Morgan fingerprint density at radius 3 is 3.12 bits per heavy atom. The van der Waals surface area contributed by atoms with Crippen molar-refractivity contribution in [1.82, 2.24) is 10.3 Å². The molecule has 134 valence electrons. The number of hydrogen-bond acceptors (Lipinski definition) is 4. The third kappa shape index (κ3) is 3.56. The molecule has 0 spiro atoms. The van der Waals surface area contributed by atoms with E-state index in [1.807, 2.05) is 6.07 Å². The molecular formula is C20H27N3O2. The number of carbonyl (C=O) groups is 1. The summed E-state index contributed by atoms with van der Waals surface area (Å²) in [5.41, 5.74) is 6.12. The Morgan fingerprint density at radius 1 is 1.36 bits per heavy atom. The molecule has 0 aromatic heterocycles. The van der Waals surface area contributed by atoms with Crippen molar-refractivity contribution in [3.05, 3.63) is 29.3 Å². The van der Waals surface area contributed by atoms with Crippen molar-refractivity contribution in [2.45, 2.75) is 51.5 Å². The van der Waals surface area contributed by atoms with Gasteiger partial charge in [-0.2, -0.15) is 5.10 Å². The fourth-order valence-electron chi connectivity index (χ4n) is 4.33. The number of aryl methyl sites for hydroxylation is 1. The summed E-state index contributed by atoms with van der Waals surface area (Å²) >= 11 is 0. The fraction of sp³-hybridized carbons (Fsp3) is 0.600. The Kier molecular flexibility index (Phi) is 4.75. The quantitative estimate of drug-likeness (QED) is 0.838. The smallest absolute Gasteiger partial charge is 0.240 e. The molecule has 2 heterocycles. The molecule has 0 bridgehead atoms. The largest absolute Gasteiger partial charge is 0.494 e. The zero-order valence-corrected chi connectivity index (χ0v) is 15.0. The topological polar surface area (TPSA) is 53.9 Å². The van der Waals surface area contributed by atoms with Crippen LogP contribution >= 0.6 is 0 Å². The molecule has 1 amide bonds. The molecule has 3 aliphatic rings. The Bertz CT molecular complexity index is 686. The fourth-order valence-corrected chi connectivity index (χ4v) is 4.33. The number of hydrazone groups is 1. The van der Waals surface area contributed by atoms with Crippen LogP contribution in [-0.2, 0) is 11.2 Å². The van der Waals surface area contributed by atoms with E-state index in [2.05, 4.69) is 34.5 Å². The summed E-state index contributed by atoms with van der Waals surface area (Å²) in [7, 11) is 0. The van der Waals surface area contributed by atoms with Crippen molar-refractivity contribution in [1.29, 1.82) is 0 Å². The zero-order chi connectivity index (χ0) is 17.2. The molecule has 25 heavy (non-hydrogen) atoms. The number of fused-ring (bicyclic) bond motifs is 3. The minimum Gasteiger partial charge on any atom is -0.494 e. The van der Waals surface area contributed by atoms with Crippen molar-refractivity contribution in [2.75, 3.05) is 19.7 Å². The number of carbonyl (C=O) groups excluding carboxylic acids is 1. The number of nitrogens with zero attached hydrogens (tertiary/aromatic N) is 2.